The number of ether oxygens (including phenoxy) is 1. The third kappa shape index (κ3) is 1.45. The quantitative estimate of drug-likeness (QED) is 0.732. The van der Waals surface area contributed by atoms with Gasteiger partial charge in [-0.1, -0.05) is 18.2 Å². The van der Waals surface area contributed by atoms with Gasteiger partial charge in [-0.2, -0.15) is 0 Å². The second-order valence-corrected chi connectivity index (χ2v) is 3.60. The molecule has 0 saturated carbocycles. The molecule has 0 radical (unpaired) electrons. The van der Waals surface area contributed by atoms with Crippen LogP contribution in [0.15, 0.2) is 23.2 Å². The molecule has 1 aromatic rings. The average molecular weight is 190 g/mol. The molecule has 0 aliphatic carbocycles. The van der Waals surface area contributed by atoms with Gasteiger partial charge in [-0.25, -0.2) is 4.99 Å². The van der Waals surface area contributed by atoms with Gasteiger partial charge in [0.1, 0.15) is 12.6 Å². The number of aryl methyl sites for hydroxylation is 2. The van der Waals surface area contributed by atoms with Crippen LogP contribution in [0.3, 0.4) is 0 Å². The van der Waals surface area contributed by atoms with Crippen molar-refractivity contribution in [3.05, 3.63) is 34.9 Å². The Morgan fingerprint density at radius 1 is 1.36 bits per heavy atom. The van der Waals surface area contributed by atoms with Crippen LogP contribution in [-0.4, -0.2) is 12.6 Å². The van der Waals surface area contributed by atoms with E-state index in [9.17, 15) is 0 Å². The predicted molar refractivity (Wildman–Crippen MR) is 56.2 cm³/mol. The minimum absolute atomic E-state index is 0.0798. The van der Waals surface area contributed by atoms with Gasteiger partial charge in [0.05, 0.1) is 0 Å². The number of nitrogens with two attached hydrogens (primary N) is 1. The molecule has 0 amide bonds. The van der Waals surface area contributed by atoms with Gasteiger partial charge in [-0.3, -0.25) is 0 Å². The standard InChI is InChI=1S/C11H14N2O/c1-7-4-3-5-8(2)10(7)9-6-14-11(12)13-9/h3-5,9H,6H2,1-2H3,(H2,12,13). The molecule has 74 valence electrons. The molecule has 0 bridgehead atoms. The summed E-state index contributed by atoms with van der Waals surface area (Å²) < 4.78 is 5.16. The Morgan fingerprint density at radius 3 is 2.50 bits per heavy atom. The molecule has 1 aliphatic rings. The van der Waals surface area contributed by atoms with Crippen LogP contribution in [0.4, 0.5) is 0 Å². The first-order chi connectivity index (χ1) is 6.68. The molecule has 1 unspecified atom stereocenters. The molecule has 0 saturated heterocycles. The number of amidine groups is 1. The summed E-state index contributed by atoms with van der Waals surface area (Å²) >= 11 is 0. The van der Waals surface area contributed by atoms with Crippen molar-refractivity contribution in [2.24, 2.45) is 10.7 Å². The van der Waals surface area contributed by atoms with Gasteiger partial charge in [0.15, 0.2) is 0 Å². The van der Waals surface area contributed by atoms with Crippen molar-refractivity contribution in [2.75, 3.05) is 6.61 Å². The van der Waals surface area contributed by atoms with Gasteiger partial charge in [0.25, 0.3) is 6.02 Å². The van der Waals surface area contributed by atoms with Gasteiger partial charge < -0.3 is 10.5 Å². The van der Waals surface area contributed by atoms with E-state index in [4.69, 9.17) is 10.5 Å². The Labute approximate surface area is 83.6 Å². The third-order valence-electron chi connectivity index (χ3n) is 2.55. The van der Waals surface area contributed by atoms with Crippen molar-refractivity contribution in [3.63, 3.8) is 0 Å². The van der Waals surface area contributed by atoms with Crippen LogP contribution in [0.1, 0.15) is 22.7 Å². The first-order valence-electron chi connectivity index (χ1n) is 4.70. The fourth-order valence-electron chi connectivity index (χ4n) is 1.89. The lowest BCUT2D eigenvalue weighted by atomic mass is 9.97. The molecular formula is C11H14N2O. The summed E-state index contributed by atoms with van der Waals surface area (Å²) in [5, 5.41) is 0. The van der Waals surface area contributed by atoms with E-state index in [0.29, 0.717) is 12.6 Å². The van der Waals surface area contributed by atoms with E-state index in [2.05, 4.69) is 37.0 Å². The van der Waals surface area contributed by atoms with Crippen molar-refractivity contribution < 1.29 is 4.74 Å². The molecule has 2 rings (SSSR count). The summed E-state index contributed by atoms with van der Waals surface area (Å²) in [6.07, 6.45) is 0. The van der Waals surface area contributed by atoms with Crippen molar-refractivity contribution >= 4 is 6.02 Å². The van der Waals surface area contributed by atoms with E-state index in [-0.39, 0.29) is 6.04 Å². The fraction of sp³-hybridized carbons (Fsp3) is 0.364. The monoisotopic (exact) mass is 190 g/mol. The van der Waals surface area contributed by atoms with Crippen LogP contribution in [0.2, 0.25) is 0 Å². The molecule has 0 aromatic heterocycles. The minimum Gasteiger partial charge on any atom is -0.463 e. The Bertz CT molecular complexity index is 365. The number of hydrogen-bond acceptors (Lipinski definition) is 3. The van der Waals surface area contributed by atoms with E-state index in [1.54, 1.807) is 0 Å². The van der Waals surface area contributed by atoms with Crippen LogP contribution < -0.4 is 5.73 Å². The minimum atomic E-state index is 0.0798. The molecule has 1 atom stereocenters. The highest BCUT2D eigenvalue weighted by atomic mass is 16.5. The topological polar surface area (TPSA) is 47.6 Å². The van der Waals surface area contributed by atoms with E-state index in [0.717, 1.165) is 0 Å². The van der Waals surface area contributed by atoms with E-state index >= 15 is 0 Å². The Morgan fingerprint density at radius 2 is 2.00 bits per heavy atom. The molecule has 3 nitrogen and oxygen atoms in total. The maximum absolute atomic E-state index is 5.49. The number of hydrogen-bond donors (Lipinski definition) is 1. The lowest BCUT2D eigenvalue weighted by Gasteiger charge is -2.12. The highest BCUT2D eigenvalue weighted by molar-refractivity contribution is 5.73. The van der Waals surface area contributed by atoms with Crippen LogP contribution >= 0.6 is 0 Å². The van der Waals surface area contributed by atoms with Crippen LogP contribution in [0.5, 0.6) is 0 Å². The SMILES string of the molecule is Cc1cccc(C)c1C1COC(N)=N1. The van der Waals surface area contributed by atoms with Gasteiger partial charge >= 0.3 is 0 Å². The van der Waals surface area contributed by atoms with Crippen molar-refractivity contribution in [2.45, 2.75) is 19.9 Å². The molecule has 0 spiro atoms. The summed E-state index contributed by atoms with van der Waals surface area (Å²) in [6.45, 7) is 4.75. The highest BCUT2D eigenvalue weighted by Crippen LogP contribution is 2.27. The number of benzene rings is 1. The second kappa shape index (κ2) is 3.33. The zero-order valence-electron chi connectivity index (χ0n) is 8.45. The highest BCUT2D eigenvalue weighted by Gasteiger charge is 2.21. The summed E-state index contributed by atoms with van der Waals surface area (Å²) in [7, 11) is 0. The molecule has 3 heteroatoms. The van der Waals surface area contributed by atoms with Crippen molar-refractivity contribution in [1.82, 2.24) is 0 Å². The number of aliphatic imine (C=N–C) groups is 1. The lowest BCUT2D eigenvalue weighted by Crippen LogP contribution is -2.10. The third-order valence-corrected chi connectivity index (χ3v) is 2.55. The molecule has 14 heavy (non-hydrogen) atoms. The summed E-state index contributed by atoms with van der Waals surface area (Å²) in [6, 6.07) is 6.62. The molecule has 1 heterocycles. The molecule has 1 aromatic carbocycles. The average Bonchev–Trinajstić information content (AvgIpc) is 2.51. The van der Waals surface area contributed by atoms with E-state index < -0.39 is 0 Å². The van der Waals surface area contributed by atoms with Crippen molar-refractivity contribution in [3.8, 4) is 0 Å². The van der Waals surface area contributed by atoms with E-state index in [1.165, 1.54) is 16.7 Å². The second-order valence-electron chi connectivity index (χ2n) is 3.60. The largest absolute Gasteiger partial charge is 0.463 e. The summed E-state index contributed by atoms with van der Waals surface area (Å²) in [5.41, 5.74) is 9.23. The number of rotatable bonds is 1. The Kier molecular flexibility index (Phi) is 2.15. The zero-order chi connectivity index (χ0) is 10.1. The smallest absolute Gasteiger partial charge is 0.282 e. The first-order valence-corrected chi connectivity index (χ1v) is 4.70. The van der Waals surface area contributed by atoms with Crippen LogP contribution in [0.25, 0.3) is 0 Å². The Balaban J connectivity index is 2.41. The van der Waals surface area contributed by atoms with Gasteiger partial charge in [-0.05, 0) is 30.5 Å². The van der Waals surface area contributed by atoms with Gasteiger partial charge in [-0.15, -0.1) is 0 Å². The molecule has 0 fully saturated rings. The van der Waals surface area contributed by atoms with Crippen molar-refractivity contribution in [1.29, 1.82) is 0 Å². The molecule has 2 N–H and O–H groups in total. The predicted octanol–water partition coefficient (Wildman–Crippen LogP) is 1.69. The Hall–Kier alpha value is -1.51. The zero-order valence-corrected chi connectivity index (χ0v) is 8.45. The lowest BCUT2D eigenvalue weighted by molar-refractivity contribution is 0.314. The van der Waals surface area contributed by atoms with Gasteiger partial charge in [0, 0.05) is 0 Å². The van der Waals surface area contributed by atoms with E-state index in [1.807, 2.05) is 0 Å². The summed E-state index contributed by atoms with van der Waals surface area (Å²) in [5.74, 6) is 0. The van der Waals surface area contributed by atoms with Crippen LogP contribution in [-0.2, 0) is 4.74 Å². The van der Waals surface area contributed by atoms with Gasteiger partial charge in [0.2, 0.25) is 0 Å². The summed E-state index contributed by atoms with van der Waals surface area (Å²) in [4.78, 5) is 4.25. The number of nitrogens with zero attached hydrogens (tertiary/aromatic N) is 1. The fourth-order valence-corrected chi connectivity index (χ4v) is 1.89. The molecule has 1 aliphatic heterocycles. The normalized spacial score (nSPS) is 20.4. The maximum atomic E-state index is 5.49. The first kappa shape index (κ1) is 9.06. The van der Waals surface area contributed by atoms with Crippen LogP contribution in [0, 0.1) is 13.8 Å². The molecular weight excluding hydrogens is 176 g/mol. The maximum Gasteiger partial charge on any atom is 0.282 e.